The van der Waals surface area contributed by atoms with Crippen LogP contribution in [0.25, 0.3) is 43.5 Å². The average molecular weight is 589 g/mol. The van der Waals surface area contributed by atoms with Crippen molar-refractivity contribution in [2.75, 3.05) is 18.8 Å². The van der Waals surface area contributed by atoms with E-state index in [0.717, 1.165) is 53.4 Å². The molecule has 4 N–H and O–H groups in total. The fourth-order valence-corrected chi connectivity index (χ4v) is 5.64. The fraction of sp³-hybridized carbons (Fsp3) is 0.269. The maximum absolute atomic E-state index is 12.1. The highest BCUT2D eigenvalue weighted by atomic mass is 32.1. The van der Waals surface area contributed by atoms with Crippen LogP contribution < -0.4 is 11.3 Å². The first-order valence-corrected chi connectivity index (χ1v) is 13.2. The van der Waals surface area contributed by atoms with Crippen molar-refractivity contribution in [3.63, 3.8) is 0 Å². The number of nitrogen functional groups attached to an aromatic ring is 1. The molecule has 0 atom stereocenters. The third-order valence-electron chi connectivity index (χ3n) is 6.79. The van der Waals surface area contributed by atoms with Crippen LogP contribution in [0.4, 0.5) is 19.0 Å². The third kappa shape index (κ3) is 5.52. The number of hydrogen-bond acceptors (Lipinski definition) is 8. The molecule has 0 radical (unpaired) electrons. The summed E-state index contributed by atoms with van der Waals surface area (Å²) in [5, 5.41) is 15.3. The number of carbonyl (C=O) groups is 2. The number of likely N-dealkylation sites (tertiary alicyclic amines) is 1. The monoisotopic (exact) mass is 588 g/mol. The number of thiophene rings is 1. The molecule has 6 rings (SSSR count). The quantitative estimate of drug-likeness (QED) is 0.274. The molecule has 1 aliphatic rings. The number of nitrogens with zero attached hydrogens (tertiary/aromatic N) is 4. The van der Waals surface area contributed by atoms with Gasteiger partial charge in [-0.1, -0.05) is 0 Å². The van der Waals surface area contributed by atoms with E-state index >= 15 is 0 Å². The molecular formula is C26H23F3N6O5S. The van der Waals surface area contributed by atoms with E-state index in [1.54, 1.807) is 19.3 Å². The number of nitrogens with one attached hydrogen (secondary N) is 1. The maximum atomic E-state index is 12.1. The van der Waals surface area contributed by atoms with Gasteiger partial charge >= 0.3 is 12.1 Å². The van der Waals surface area contributed by atoms with Gasteiger partial charge in [0.15, 0.2) is 11.4 Å². The molecule has 11 nitrogen and oxygen atoms in total. The number of carbonyl (C=O) groups excluding carboxylic acids is 1. The van der Waals surface area contributed by atoms with Crippen LogP contribution in [0.3, 0.4) is 0 Å². The zero-order valence-corrected chi connectivity index (χ0v) is 22.3. The van der Waals surface area contributed by atoms with Gasteiger partial charge in [-0.2, -0.15) is 18.3 Å². The number of pyridine rings is 2. The Morgan fingerprint density at radius 3 is 2.56 bits per heavy atom. The molecule has 5 aromatic heterocycles. The molecular weight excluding hydrogens is 565 g/mol. The summed E-state index contributed by atoms with van der Waals surface area (Å²) in [7, 11) is 0. The minimum Gasteiger partial charge on any atom is -0.475 e. The summed E-state index contributed by atoms with van der Waals surface area (Å²) in [6, 6.07) is 4.07. The molecule has 214 valence electrons. The first-order chi connectivity index (χ1) is 19.4. The standard InChI is InChI=1S/C24H22N6O3S.C2HF3O2/c1-13(31)29-6-3-15(4-7-29)30-11-14(9-28-30)18-10-27-23(25)21-17(18)8-20(33-21)19-12-34-22-16(19)2-5-26-24(22)32;3-2(4,5)1(6)7/h2,5,8-12,15H,3-4,6-7H2,1H3,(H2,25,27)(H,26,32);(H,6,7). The van der Waals surface area contributed by atoms with E-state index in [-0.39, 0.29) is 17.5 Å². The molecule has 1 amide bonds. The highest BCUT2D eigenvalue weighted by Gasteiger charge is 2.38. The summed E-state index contributed by atoms with van der Waals surface area (Å²) in [5.74, 6) is -1.69. The van der Waals surface area contributed by atoms with Gasteiger partial charge in [0.2, 0.25) is 5.91 Å². The Kier molecular flexibility index (Phi) is 7.29. The lowest BCUT2D eigenvalue weighted by atomic mass is 10.0. The smallest absolute Gasteiger partial charge is 0.475 e. The molecule has 0 spiro atoms. The van der Waals surface area contributed by atoms with Gasteiger partial charge in [0.1, 0.15) is 10.5 Å². The number of nitrogens with two attached hydrogens (primary N) is 1. The molecule has 0 saturated carbocycles. The number of carboxylic acid groups (broad SMARTS) is 1. The molecule has 1 fully saturated rings. The van der Waals surface area contributed by atoms with Crippen molar-refractivity contribution in [2.45, 2.75) is 32.0 Å². The summed E-state index contributed by atoms with van der Waals surface area (Å²) < 4.78 is 40.5. The van der Waals surface area contributed by atoms with E-state index in [0.29, 0.717) is 21.9 Å². The van der Waals surface area contributed by atoms with E-state index in [1.807, 2.05) is 39.5 Å². The van der Waals surface area contributed by atoms with Crippen molar-refractivity contribution >= 4 is 50.1 Å². The Labute approximate surface area is 233 Å². The summed E-state index contributed by atoms with van der Waals surface area (Å²) in [6.45, 7) is 3.10. The van der Waals surface area contributed by atoms with Gasteiger partial charge in [0.25, 0.3) is 5.56 Å². The number of anilines is 1. The molecule has 5 aromatic rings. The zero-order chi connectivity index (χ0) is 29.5. The minimum absolute atomic E-state index is 0.117. The number of alkyl halides is 3. The second-order valence-electron chi connectivity index (χ2n) is 9.36. The molecule has 1 saturated heterocycles. The number of fused-ring (bicyclic) bond motifs is 2. The van der Waals surface area contributed by atoms with Crippen molar-refractivity contribution in [1.82, 2.24) is 24.6 Å². The van der Waals surface area contributed by atoms with Crippen molar-refractivity contribution in [3.8, 4) is 22.5 Å². The third-order valence-corrected chi connectivity index (χ3v) is 7.79. The minimum atomic E-state index is -5.08. The number of rotatable bonds is 3. The lowest BCUT2D eigenvalue weighted by Gasteiger charge is -2.31. The number of amides is 1. The van der Waals surface area contributed by atoms with E-state index < -0.39 is 12.1 Å². The normalized spacial score (nSPS) is 14.3. The van der Waals surface area contributed by atoms with Gasteiger partial charge < -0.3 is 25.1 Å². The SMILES string of the molecule is CC(=O)N1CCC(n2cc(-c3cnc(N)c4oc(-c5csc6c(=O)[nH]ccc56)cc34)cn2)CC1.O=C(O)C(F)(F)F. The van der Waals surface area contributed by atoms with Crippen LogP contribution >= 0.6 is 11.3 Å². The number of aromatic amines is 1. The van der Waals surface area contributed by atoms with Gasteiger partial charge in [0.05, 0.1) is 12.2 Å². The number of piperidine rings is 1. The molecule has 15 heteroatoms. The number of aliphatic carboxylic acids is 1. The van der Waals surface area contributed by atoms with E-state index in [4.69, 9.17) is 20.1 Å². The molecule has 0 unspecified atom stereocenters. The van der Waals surface area contributed by atoms with E-state index in [2.05, 4.69) is 15.1 Å². The summed E-state index contributed by atoms with van der Waals surface area (Å²) in [5.41, 5.74) is 9.20. The zero-order valence-electron chi connectivity index (χ0n) is 21.4. The Hall–Kier alpha value is -4.66. The lowest BCUT2D eigenvalue weighted by Crippen LogP contribution is -2.37. The number of carboxylic acids is 1. The molecule has 41 heavy (non-hydrogen) atoms. The number of hydrogen-bond donors (Lipinski definition) is 3. The molecule has 6 heterocycles. The second-order valence-corrected chi connectivity index (χ2v) is 10.2. The summed E-state index contributed by atoms with van der Waals surface area (Å²) in [6.07, 6.45) is 3.89. The van der Waals surface area contributed by atoms with Crippen molar-refractivity contribution in [2.24, 2.45) is 0 Å². The van der Waals surface area contributed by atoms with Crippen LogP contribution in [0.5, 0.6) is 0 Å². The van der Waals surface area contributed by atoms with Gasteiger partial charge in [-0.25, -0.2) is 9.78 Å². The van der Waals surface area contributed by atoms with Gasteiger partial charge in [-0.05, 0) is 25.0 Å². The maximum Gasteiger partial charge on any atom is 0.490 e. The summed E-state index contributed by atoms with van der Waals surface area (Å²) in [4.78, 5) is 41.6. The number of furan rings is 1. The highest BCUT2D eigenvalue weighted by molar-refractivity contribution is 7.17. The van der Waals surface area contributed by atoms with E-state index in [9.17, 15) is 22.8 Å². The van der Waals surface area contributed by atoms with Gasteiger partial charge in [-0.3, -0.25) is 14.3 Å². The van der Waals surface area contributed by atoms with Crippen LogP contribution in [0.15, 0.2) is 51.5 Å². The Balaban J connectivity index is 0.000000431. The van der Waals surface area contributed by atoms with Crippen LogP contribution in [-0.2, 0) is 9.59 Å². The van der Waals surface area contributed by atoms with Crippen molar-refractivity contribution in [3.05, 3.63) is 52.7 Å². The molecule has 0 aliphatic carbocycles. The first-order valence-electron chi connectivity index (χ1n) is 12.3. The van der Waals surface area contributed by atoms with Crippen LogP contribution in [0, 0.1) is 0 Å². The van der Waals surface area contributed by atoms with Crippen LogP contribution in [0.1, 0.15) is 25.8 Å². The number of H-pyrrole nitrogens is 1. The van der Waals surface area contributed by atoms with E-state index in [1.165, 1.54) is 11.3 Å². The summed E-state index contributed by atoms with van der Waals surface area (Å²) >= 11 is 1.38. The topological polar surface area (TPSA) is 160 Å². The fourth-order valence-electron chi connectivity index (χ4n) is 4.69. The number of halogens is 3. The molecule has 1 aliphatic heterocycles. The second kappa shape index (κ2) is 10.7. The predicted molar refractivity (Wildman–Crippen MR) is 145 cm³/mol. The lowest BCUT2D eigenvalue weighted by molar-refractivity contribution is -0.192. The highest BCUT2D eigenvalue weighted by Crippen LogP contribution is 2.40. The van der Waals surface area contributed by atoms with Crippen molar-refractivity contribution in [1.29, 1.82) is 0 Å². The van der Waals surface area contributed by atoms with Gasteiger partial charge in [-0.15, -0.1) is 11.3 Å². The Morgan fingerprint density at radius 1 is 1.20 bits per heavy atom. The average Bonchev–Trinajstić information content (AvgIpc) is 3.68. The van der Waals surface area contributed by atoms with Gasteiger partial charge in [0, 0.05) is 71.4 Å². The largest absolute Gasteiger partial charge is 0.490 e. The Morgan fingerprint density at radius 2 is 1.90 bits per heavy atom. The molecule has 0 bridgehead atoms. The van der Waals surface area contributed by atoms with Crippen molar-refractivity contribution < 1.29 is 32.3 Å². The van der Waals surface area contributed by atoms with Crippen LogP contribution in [0.2, 0.25) is 0 Å². The Bertz CT molecular complexity index is 1810. The first kappa shape index (κ1) is 27.9. The van der Waals surface area contributed by atoms with Crippen LogP contribution in [-0.4, -0.2) is 60.9 Å². The number of aromatic nitrogens is 4. The molecule has 0 aromatic carbocycles. The predicted octanol–water partition coefficient (Wildman–Crippen LogP) is 4.66.